The van der Waals surface area contributed by atoms with Crippen LogP contribution in [-0.4, -0.2) is 79.5 Å². The van der Waals surface area contributed by atoms with Gasteiger partial charge in [-0.05, 0) is 80.0 Å². The Hall–Kier alpha value is -4.70. The summed E-state index contributed by atoms with van der Waals surface area (Å²) in [7, 11) is 1.66. The number of nitrogens with two attached hydrogens (primary N) is 1. The van der Waals surface area contributed by atoms with E-state index in [9.17, 15) is 9.59 Å². The van der Waals surface area contributed by atoms with Crippen molar-refractivity contribution < 1.29 is 14.3 Å². The molecule has 9 rings (SSSR count). The highest BCUT2D eigenvalue weighted by Crippen LogP contribution is 2.42. The summed E-state index contributed by atoms with van der Waals surface area (Å²) in [5.74, 6) is 2.47. The quantitative estimate of drug-likeness (QED) is 0.249. The zero-order valence-corrected chi connectivity index (χ0v) is 27.5. The third-order valence-corrected chi connectivity index (χ3v) is 11.2. The average Bonchev–Trinajstić information content (AvgIpc) is 3.46. The largest absolute Gasteiger partial charge is 0.494 e. The summed E-state index contributed by atoms with van der Waals surface area (Å²) in [6.45, 7) is 5.70. The highest BCUT2D eigenvalue weighted by Gasteiger charge is 2.47. The smallest absolute Gasteiger partial charge is 0.254 e. The van der Waals surface area contributed by atoms with Crippen LogP contribution < -0.4 is 10.5 Å². The van der Waals surface area contributed by atoms with Gasteiger partial charge in [0.05, 0.1) is 18.3 Å². The van der Waals surface area contributed by atoms with Gasteiger partial charge in [0.25, 0.3) is 11.8 Å². The Morgan fingerprint density at radius 1 is 0.958 bits per heavy atom. The fourth-order valence-corrected chi connectivity index (χ4v) is 8.59. The van der Waals surface area contributed by atoms with E-state index in [1.807, 2.05) is 64.5 Å². The van der Waals surface area contributed by atoms with Gasteiger partial charge in [0, 0.05) is 72.9 Å². The Morgan fingerprint density at radius 2 is 1.77 bits per heavy atom. The molecule has 48 heavy (non-hydrogen) atoms. The Balaban J connectivity index is 1.14. The molecule has 2 aliphatic carbocycles. The first-order valence-corrected chi connectivity index (χ1v) is 17.2. The molecule has 2 aliphatic heterocycles. The van der Waals surface area contributed by atoms with Crippen LogP contribution in [0.2, 0.25) is 0 Å². The van der Waals surface area contributed by atoms with Crippen LogP contribution in [0.3, 0.4) is 0 Å². The van der Waals surface area contributed by atoms with Crippen LogP contribution in [0, 0.1) is 17.3 Å². The first-order valence-electron chi connectivity index (χ1n) is 17.2. The normalized spacial score (nSPS) is 22.9. The van der Waals surface area contributed by atoms with Crippen molar-refractivity contribution in [2.24, 2.45) is 23.0 Å². The lowest BCUT2D eigenvalue weighted by molar-refractivity contribution is 0.00729. The van der Waals surface area contributed by atoms with Gasteiger partial charge < -0.3 is 29.4 Å². The average molecular weight is 644 g/mol. The zero-order valence-electron chi connectivity index (χ0n) is 27.5. The summed E-state index contributed by atoms with van der Waals surface area (Å²) in [6.07, 6.45) is 6.32. The van der Waals surface area contributed by atoms with Crippen molar-refractivity contribution in [2.75, 3.05) is 26.7 Å². The minimum Gasteiger partial charge on any atom is -0.494 e. The number of benzene rings is 2. The van der Waals surface area contributed by atoms with Gasteiger partial charge in [-0.15, -0.1) is 0 Å². The number of fused-ring (bicyclic) bond motifs is 4. The lowest BCUT2D eigenvalue weighted by Crippen LogP contribution is -2.58. The van der Waals surface area contributed by atoms with E-state index in [-0.39, 0.29) is 29.3 Å². The molecule has 3 aromatic heterocycles. The zero-order chi connectivity index (χ0) is 32.7. The van der Waals surface area contributed by atoms with Crippen molar-refractivity contribution in [3.05, 3.63) is 78.0 Å². The topological polar surface area (TPSA) is 112 Å². The summed E-state index contributed by atoms with van der Waals surface area (Å²) in [5.41, 5.74) is 11.1. The van der Waals surface area contributed by atoms with E-state index >= 15 is 0 Å². The maximum atomic E-state index is 14.0. The molecule has 5 aromatic rings. The third-order valence-electron chi connectivity index (χ3n) is 11.2. The number of likely N-dealkylation sites (tertiary alicyclic amines) is 2. The minimum absolute atomic E-state index is 0.0120. The maximum absolute atomic E-state index is 14.0. The first kappa shape index (κ1) is 29.4. The standard InChI is InChI=1S/C38H41N7O3/c1-38(20-42(21-38)36(46)24-7-4-3-5-8-24)22-45-33-28(15-27(17-31(33)48-2)37(47)44-19-26-12-13-29(44)32(26)39)41-35(45)30-16-25-9-6-14-40-34(25)43(30)18-23-10-11-23/h3-9,14-17,23,26,29,32H,10-13,18-22,39H2,1-2H3/t26?,29?,32-/m1/s1. The van der Waals surface area contributed by atoms with Gasteiger partial charge in [0.15, 0.2) is 5.82 Å². The molecule has 0 radical (unpaired) electrons. The lowest BCUT2D eigenvalue weighted by atomic mass is 9.81. The molecule has 2 saturated carbocycles. The van der Waals surface area contributed by atoms with Crippen molar-refractivity contribution in [2.45, 2.75) is 57.8 Å². The molecule has 2 bridgehead atoms. The van der Waals surface area contributed by atoms with E-state index in [0.717, 1.165) is 53.0 Å². The molecule has 2 saturated heterocycles. The van der Waals surface area contributed by atoms with Crippen molar-refractivity contribution in [3.63, 3.8) is 0 Å². The molecule has 2 aromatic carbocycles. The molecule has 4 fully saturated rings. The number of amides is 2. The Labute approximate surface area is 279 Å². The number of imidazole rings is 1. The number of ether oxygens (including phenoxy) is 1. The van der Waals surface area contributed by atoms with Crippen LogP contribution in [0.5, 0.6) is 5.75 Å². The molecule has 2 N–H and O–H groups in total. The second kappa shape index (κ2) is 10.9. The van der Waals surface area contributed by atoms with Crippen LogP contribution in [-0.2, 0) is 13.1 Å². The van der Waals surface area contributed by atoms with Crippen LogP contribution >= 0.6 is 0 Å². The Bertz CT molecular complexity index is 2070. The molecular formula is C38H41N7O3. The molecule has 246 valence electrons. The maximum Gasteiger partial charge on any atom is 0.254 e. The van der Waals surface area contributed by atoms with Gasteiger partial charge in [0.1, 0.15) is 16.9 Å². The van der Waals surface area contributed by atoms with Gasteiger partial charge in [-0.3, -0.25) is 9.59 Å². The number of carbonyl (C=O) groups is 2. The summed E-state index contributed by atoms with van der Waals surface area (Å²) in [6, 6.07) is 19.7. The molecule has 10 nitrogen and oxygen atoms in total. The van der Waals surface area contributed by atoms with Gasteiger partial charge in [0.2, 0.25) is 0 Å². The number of nitrogens with zero attached hydrogens (tertiary/aromatic N) is 6. The molecule has 2 amide bonds. The van der Waals surface area contributed by atoms with Crippen LogP contribution in [0.4, 0.5) is 0 Å². The molecule has 2 unspecified atom stereocenters. The van der Waals surface area contributed by atoms with Crippen LogP contribution in [0.15, 0.2) is 66.9 Å². The number of rotatable bonds is 8. The second-order valence-corrected chi connectivity index (χ2v) is 14.8. The predicted octanol–water partition coefficient (Wildman–Crippen LogP) is 5.20. The van der Waals surface area contributed by atoms with Gasteiger partial charge in [-0.1, -0.05) is 25.1 Å². The van der Waals surface area contributed by atoms with Crippen molar-refractivity contribution in [1.29, 1.82) is 0 Å². The van der Waals surface area contributed by atoms with Crippen LogP contribution in [0.25, 0.3) is 33.6 Å². The summed E-state index contributed by atoms with van der Waals surface area (Å²) < 4.78 is 10.6. The van der Waals surface area contributed by atoms with Gasteiger partial charge >= 0.3 is 0 Å². The molecule has 10 heteroatoms. The van der Waals surface area contributed by atoms with E-state index in [1.54, 1.807) is 7.11 Å². The highest BCUT2D eigenvalue weighted by atomic mass is 16.5. The van der Waals surface area contributed by atoms with E-state index in [2.05, 4.69) is 28.2 Å². The summed E-state index contributed by atoms with van der Waals surface area (Å²) >= 11 is 0. The Kier molecular flexibility index (Phi) is 6.70. The fraction of sp³-hybridized carbons (Fsp3) is 0.421. The van der Waals surface area contributed by atoms with Crippen LogP contribution in [0.1, 0.15) is 53.3 Å². The Morgan fingerprint density at radius 3 is 2.48 bits per heavy atom. The molecule has 0 spiro atoms. The van der Waals surface area contributed by atoms with E-state index in [4.69, 9.17) is 20.4 Å². The number of hydrogen-bond donors (Lipinski definition) is 1. The molecule has 3 atom stereocenters. The number of pyridine rings is 1. The number of hydrogen-bond acceptors (Lipinski definition) is 6. The van der Waals surface area contributed by atoms with Crippen molar-refractivity contribution in [3.8, 4) is 17.3 Å². The number of piperidine rings is 1. The lowest BCUT2D eigenvalue weighted by Gasteiger charge is -2.48. The SMILES string of the molecule is COc1cc(C(=O)N2CC3CCC2[C@@H]3N)cc2nc(-c3cc4cccnc4n3CC3CC3)n(CC3(C)CN(C(=O)c4ccccc4)C3)c12. The predicted molar refractivity (Wildman–Crippen MR) is 184 cm³/mol. The van der Waals surface area contributed by atoms with E-state index < -0.39 is 0 Å². The third kappa shape index (κ3) is 4.71. The molecule has 5 heterocycles. The summed E-state index contributed by atoms with van der Waals surface area (Å²) in [5, 5.41) is 1.07. The van der Waals surface area contributed by atoms with E-state index in [0.29, 0.717) is 54.9 Å². The molecular weight excluding hydrogens is 602 g/mol. The van der Waals surface area contributed by atoms with Crippen molar-refractivity contribution in [1.82, 2.24) is 28.9 Å². The van der Waals surface area contributed by atoms with Gasteiger partial charge in [-0.25, -0.2) is 9.97 Å². The molecule has 4 aliphatic rings. The second-order valence-electron chi connectivity index (χ2n) is 14.8. The number of carbonyl (C=O) groups excluding carboxylic acids is 2. The first-order chi connectivity index (χ1) is 23.3. The highest BCUT2D eigenvalue weighted by molar-refractivity contribution is 6.00. The monoisotopic (exact) mass is 643 g/mol. The number of aromatic nitrogens is 4. The van der Waals surface area contributed by atoms with E-state index in [1.165, 1.54) is 12.8 Å². The fourth-order valence-electron chi connectivity index (χ4n) is 8.59. The summed E-state index contributed by atoms with van der Waals surface area (Å²) in [4.78, 5) is 41.3. The minimum atomic E-state index is -0.192. The van der Waals surface area contributed by atoms with Crippen molar-refractivity contribution >= 4 is 33.9 Å². The number of methoxy groups -OCH3 is 1. The van der Waals surface area contributed by atoms with Gasteiger partial charge in [-0.2, -0.15) is 0 Å².